The fourth-order valence-electron chi connectivity index (χ4n) is 0.963. The lowest BCUT2D eigenvalue weighted by molar-refractivity contribution is 0.169. The van der Waals surface area contributed by atoms with Crippen LogP contribution in [-0.4, -0.2) is 30.7 Å². The van der Waals surface area contributed by atoms with Crippen LogP contribution in [0.15, 0.2) is 0 Å². The molecule has 2 nitrogen and oxygen atoms in total. The Morgan fingerprint density at radius 2 is 2.14 bits per heavy atom. The van der Waals surface area contributed by atoms with Crippen LogP contribution in [0.5, 0.6) is 0 Å². The topological polar surface area (TPSA) is 25.2 Å². The Kier molecular flexibility index (Phi) is 0.664. The van der Waals surface area contributed by atoms with Gasteiger partial charge in [0.2, 0.25) is 0 Å². The Hall–Kier alpha value is -0.0800. The molecule has 2 rings (SSSR count). The molecule has 2 fully saturated rings. The SMILES string of the molecule is C1CN(C2CN2)C1. The summed E-state index contributed by atoms with van der Waals surface area (Å²) in [5.74, 6) is 0. The van der Waals surface area contributed by atoms with Crippen LogP contribution >= 0.6 is 0 Å². The van der Waals surface area contributed by atoms with E-state index in [9.17, 15) is 0 Å². The molecule has 2 heterocycles. The minimum absolute atomic E-state index is 0.786. The van der Waals surface area contributed by atoms with Crippen molar-refractivity contribution in [2.45, 2.75) is 12.6 Å². The summed E-state index contributed by atoms with van der Waals surface area (Å²) in [5.41, 5.74) is 0. The van der Waals surface area contributed by atoms with Gasteiger partial charge < -0.3 is 0 Å². The van der Waals surface area contributed by atoms with Gasteiger partial charge in [0.1, 0.15) is 0 Å². The average molecular weight is 98.1 g/mol. The predicted octanol–water partition coefficient (Wildman–Crippen LogP) is -0.379. The molecular weight excluding hydrogens is 88.1 g/mol. The van der Waals surface area contributed by atoms with Crippen molar-refractivity contribution in [3.63, 3.8) is 0 Å². The maximum Gasteiger partial charge on any atom is 0.0727 e. The summed E-state index contributed by atoms with van der Waals surface area (Å²) in [7, 11) is 0. The van der Waals surface area contributed by atoms with Crippen molar-refractivity contribution in [3.8, 4) is 0 Å². The molecule has 2 aliphatic rings. The van der Waals surface area contributed by atoms with E-state index < -0.39 is 0 Å². The molecule has 2 saturated heterocycles. The first-order valence-corrected chi connectivity index (χ1v) is 2.94. The zero-order valence-corrected chi connectivity index (χ0v) is 4.35. The second-order valence-electron chi connectivity index (χ2n) is 2.31. The Labute approximate surface area is 43.5 Å². The summed E-state index contributed by atoms with van der Waals surface area (Å²) < 4.78 is 0. The van der Waals surface area contributed by atoms with E-state index in [0.717, 1.165) is 6.17 Å². The van der Waals surface area contributed by atoms with E-state index >= 15 is 0 Å². The van der Waals surface area contributed by atoms with Crippen molar-refractivity contribution in [2.75, 3.05) is 19.6 Å². The van der Waals surface area contributed by atoms with E-state index in [1.807, 2.05) is 0 Å². The van der Waals surface area contributed by atoms with Crippen LogP contribution in [0, 0.1) is 0 Å². The van der Waals surface area contributed by atoms with E-state index in [-0.39, 0.29) is 0 Å². The molecule has 1 unspecified atom stereocenters. The van der Waals surface area contributed by atoms with E-state index in [1.54, 1.807) is 0 Å². The maximum absolute atomic E-state index is 3.26. The van der Waals surface area contributed by atoms with E-state index in [4.69, 9.17) is 0 Å². The van der Waals surface area contributed by atoms with Crippen LogP contribution in [0.3, 0.4) is 0 Å². The maximum atomic E-state index is 3.26. The Morgan fingerprint density at radius 3 is 2.29 bits per heavy atom. The number of hydrogen-bond acceptors (Lipinski definition) is 2. The fraction of sp³-hybridized carbons (Fsp3) is 1.00. The predicted molar refractivity (Wildman–Crippen MR) is 28.0 cm³/mol. The van der Waals surface area contributed by atoms with Gasteiger partial charge in [0.05, 0.1) is 6.17 Å². The number of rotatable bonds is 1. The summed E-state index contributed by atoms with van der Waals surface area (Å²) in [6.45, 7) is 3.90. The summed E-state index contributed by atoms with van der Waals surface area (Å²) in [5, 5.41) is 3.26. The summed E-state index contributed by atoms with van der Waals surface area (Å²) in [4.78, 5) is 2.47. The summed E-state index contributed by atoms with van der Waals surface area (Å²) in [6.07, 6.45) is 2.20. The number of likely N-dealkylation sites (tertiary alicyclic amines) is 1. The quantitative estimate of drug-likeness (QED) is 0.452. The summed E-state index contributed by atoms with van der Waals surface area (Å²) in [6, 6.07) is 0. The average Bonchev–Trinajstić information content (AvgIpc) is 2.10. The third kappa shape index (κ3) is 0.545. The van der Waals surface area contributed by atoms with Gasteiger partial charge in [0, 0.05) is 19.6 Å². The van der Waals surface area contributed by atoms with Crippen molar-refractivity contribution in [1.29, 1.82) is 0 Å². The number of nitrogens with one attached hydrogen (secondary N) is 1. The largest absolute Gasteiger partial charge is 0.298 e. The molecule has 0 aromatic carbocycles. The second kappa shape index (κ2) is 1.20. The van der Waals surface area contributed by atoms with Crippen molar-refractivity contribution >= 4 is 0 Å². The van der Waals surface area contributed by atoms with E-state index in [1.165, 1.54) is 26.1 Å². The lowest BCUT2D eigenvalue weighted by Gasteiger charge is -2.29. The molecule has 0 aliphatic carbocycles. The first-order valence-electron chi connectivity index (χ1n) is 2.94. The molecule has 0 saturated carbocycles. The van der Waals surface area contributed by atoms with Crippen LogP contribution in [0.2, 0.25) is 0 Å². The van der Waals surface area contributed by atoms with Gasteiger partial charge in [-0.25, -0.2) is 0 Å². The molecule has 0 amide bonds. The van der Waals surface area contributed by atoms with Crippen molar-refractivity contribution < 1.29 is 0 Å². The molecule has 2 heteroatoms. The molecule has 1 N–H and O–H groups in total. The van der Waals surface area contributed by atoms with Gasteiger partial charge >= 0.3 is 0 Å². The molecule has 0 bridgehead atoms. The normalized spacial score (nSPS) is 40.3. The lowest BCUT2D eigenvalue weighted by Crippen LogP contribution is -2.40. The van der Waals surface area contributed by atoms with Crippen molar-refractivity contribution in [1.82, 2.24) is 10.2 Å². The van der Waals surface area contributed by atoms with Gasteiger partial charge in [-0.15, -0.1) is 0 Å². The van der Waals surface area contributed by atoms with Crippen molar-refractivity contribution in [2.24, 2.45) is 0 Å². The smallest absolute Gasteiger partial charge is 0.0727 e. The first-order chi connectivity index (χ1) is 3.47. The lowest BCUT2D eigenvalue weighted by atomic mass is 10.2. The van der Waals surface area contributed by atoms with Gasteiger partial charge in [-0.1, -0.05) is 0 Å². The highest BCUT2D eigenvalue weighted by molar-refractivity contribution is 4.87. The zero-order chi connectivity index (χ0) is 4.69. The van der Waals surface area contributed by atoms with Crippen LogP contribution in [0.25, 0.3) is 0 Å². The zero-order valence-electron chi connectivity index (χ0n) is 4.35. The van der Waals surface area contributed by atoms with Gasteiger partial charge in [-0.05, 0) is 6.42 Å². The van der Waals surface area contributed by atoms with Crippen LogP contribution in [-0.2, 0) is 0 Å². The highest BCUT2D eigenvalue weighted by Gasteiger charge is 2.31. The molecule has 0 spiro atoms. The van der Waals surface area contributed by atoms with Crippen molar-refractivity contribution in [3.05, 3.63) is 0 Å². The first kappa shape index (κ1) is 3.87. The Morgan fingerprint density at radius 1 is 1.43 bits per heavy atom. The third-order valence-electron chi connectivity index (χ3n) is 1.72. The summed E-state index contributed by atoms with van der Waals surface area (Å²) >= 11 is 0. The standard InChI is InChI=1S/C5H10N2/c1-2-7(3-1)5-4-6-5/h5-6H,1-4H2. The van der Waals surface area contributed by atoms with E-state index in [2.05, 4.69) is 10.2 Å². The van der Waals surface area contributed by atoms with Gasteiger partial charge in [0.15, 0.2) is 0 Å². The molecule has 2 aliphatic heterocycles. The Balaban J connectivity index is 1.83. The van der Waals surface area contributed by atoms with Gasteiger partial charge in [-0.3, -0.25) is 10.2 Å². The minimum Gasteiger partial charge on any atom is -0.298 e. The molecule has 0 aromatic heterocycles. The highest BCUT2D eigenvalue weighted by atomic mass is 15.4. The fourth-order valence-corrected chi connectivity index (χ4v) is 0.963. The van der Waals surface area contributed by atoms with Gasteiger partial charge in [-0.2, -0.15) is 0 Å². The van der Waals surface area contributed by atoms with Crippen LogP contribution in [0.4, 0.5) is 0 Å². The highest BCUT2D eigenvalue weighted by Crippen LogP contribution is 2.13. The molecule has 1 atom stereocenters. The van der Waals surface area contributed by atoms with E-state index in [0.29, 0.717) is 0 Å². The minimum atomic E-state index is 0.786. The van der Waals surface area contributed by atoms with Crippen LogP contribution in [0.1, 0.15) is 6.42 Å². The number of nitrogens with zero attached hydrogens (tertiary/aromatic N) is 1. The van der Waals surface area contributed by atoms with Gasteiger partial charge in [0.25, 0.3) is 0 Å². The third-order valence-corrected chi connectivity index (χ3v) is 1.72. The van der Waals surface area contributed by atoms with Crippen LogP contribution < -0.4 is 5.32 Å². The molecule has 0 aromatic rings. The molecular formula is C5H10N2. The number of hydrogen-bond donors (Lipinski definition) is 1. The monoisotopic (exact) mass is 98.1 g/mol. The second-order valence-corrected chi connectivity index (χ2v) is 2.31. The molecule has 40 valence electrons. The molecule has 7 heavy (non-hydrogen) atoms. The Bertz CT molecular complexity index is 74.1. The molecule has 0 radical (unpaired) electrons.